The van der Waals surface area contributed by atoms with Gasteiger partial charge in [0.05, 0.1) is 16.8 Å². The fourth-order valence-electron chi connectivity index (χ4n) is 11.3. The van der Waals surface area contributed by atoms with Crippen molar-refractivity contribution < 1.29 is 9.15 Å². The summed E-state index contributed by atoms with van der Waals surface area (Å²) in [5.41, 5.74) is 16.5. The summed E-state index contributed by atoms with van der Waals surface area (Å²) in [6.45, 7) is 4.49. The van der Waals surface area contributed by atoms with Crippen LogP contribution in [0, 0.1) is 13.8 Å². The van der Waals surface area contributed by atoms with Gasteiger partial charge in [-0.25, -0.2) is 0 Å². The van der Waals surface area contributed by atoms with Crippen LogP contribution in [-0.4, -0.2) is 0 Å². The molecule has 338 valence electrons. The first-order valence-electron chi connectivity index (χ1n) is 24.3. The van der Waals surface area contributed by atoms with E-state index < -0.39 is 5.41 Å². The number of fused-ring (bicyclic) bond motifs is 9. The molecule has 0 N–H and O–H groups in total. The normalized spacial score (nSPS) is 13.8. The van der Waals surface area contributed by atoms with Gasteiger partial charge in [-0.05, 0) is 149 Å². The average molecular weight is 913 g/mol. The molecule has 0 spiro atoms. The molecule has 0 fully saturated rings. The van der Waals surface area contributed by atoms with Crippen LogP contribution in [0.1, 0.15) is 33.4 Å². The van der Waals surface area contributed by atoms with E-state index in [-0.39, 0.29) is 0 Å². The Kier molecular flexibility index (Phi) is 10.1. The maximum atomic E-state index is 7.27. The van der Waals surface area contributed by atoms with Crippen molar-refractivity contribution in [3.05, 3.63) is 288 Å². The zero-order chi connectivity index (χ0) is 47.5. The van der Waals surface area contributed by atoms with E-state index in [1.54, 1.807) is 0 Å². The minimum absolute atomic E-state index is 0.768. The lowest BCUT2D eigenvalue weighted by atomic mass is 9.66. The zero-order valence-electron chi connectivity index (χ0n) is 39.5. The molecule has 13 rings (SSSR count). The van der Waals surface area contributed by atoms with Gasteiger partial charge in [0.25, 0.3) is 0 Å². The highest BCUT2D eigenvalue weighted by Crippen LogP contribution is 2.64. The van der Waals surface area contributed by atoms with E-state index >= 15 is 0 Å². The fourth-order valence-corrected chi connectivity index (χ4v) is 11.3. The van der Waals surface area contributed by atoms with Crippen LogP contribution in [0.5, 0.6) is 11.5 Å². The number of benzene rings is 11. The molecule has 0 saturated heterocycles. The van der Waals surface area contributed by atoms with Gasteiger partial charge in [-0.2, -0.15) is 0 Å². The van der Waals surface area contributed by atoms with Crippen molar-refractivity contribution in [3.63, 3.8) is 0 Å². The standard InChI is InChI=1S/C67H48N2O2/c1-45-36-37-46(2)57(42-45)67(47-38-40-53(41-39-47)70-52-30-16-7-17-31-52)58-43-60(68(48-22-8-3-9-23-48)49-24-10-4-11-25-49)54-32-18-19-33-55(54)63(58)65-59(67)44-61(66-64(65)56-34-20-21-35-62(56)71-66)69(50-26-12-5-13-27-50)51-28-14-6-15-29-51/h3-44H,1-2H3. The third-order valence-electron chi connectivity index (χ3n) is 14.3. The number of rotatable bonds is 10. The fraction of sp³-hybridized carbons (Fsp3) is 0.0448. The molecule has 4 nitrogen and oxygen atoms in total. The van der Waals surface area contributed by atoms with Crippen molar-refractivity contribution in [1.82, 2.24) is 0 Å². The van der Waals surface area contributed by atoms with Crippen molar-refractivity contribution in [2.75, 3.05) is 9.80 Å². The van der Waals surface area contributed by atoms with Crippen molar-refractivity contribution >= 4 is 66.8 Å². The van der Waals surface area contributed by atoms with Gasteiger partial charge in [0.2, 0.25) is 0 Å². The number of aryl methyl sites for hydroxylation is 2. The molecule has 0 saturated carbocycles. The molecule has 1 aromatic heterocycles. The van der Waals surface area contributed by atoms with Crippen LogP contribution in [0.3, 0.4) is 0 Å². The summed E-state index contributed by atoms with van der Waals surface area (Å²) in [6, 6.07) is 91.3. The molecule has 11 aromatic carbocycles. The number of para-hydroxylation sites is 6. The quantitative estimate of drug-likeness (QED) is 0.137. The summed E-state index contributed by atoms with van der Waals surface area (Å²) in [7, 11) is 0. The molecular formula is C67H48N2O2. The van der Waals surface area contributed by atoms with Gasteiger partial charge < -0.3 is 19.0 Å². The van der Waals surface area contributed by atoms with Crippen molar-refractivity contribution in [1.29, 1.82) is 0 Å². The van der Waals surface area contributed by atoms with Crippen molar-refractivity contribution in [2.45, 2.75) is 19.3 Å². The van der Waals surface area contributed by atoms with Gasteiger partial charge in [0.1, 0.15) is 17.1 Å². The van der Waals surface area contributed by atoms with E-state index in [2.05, 4.69) is 248 Å². The minimum atomic E-state index is -0.871. The SMILES string of the molecule is Cc1ccc(C)c(C2(c3ccc(Oc4ccccc4)cc3)c3cc(N(c4ccccc4)c4ccccc4)c4ccccc4c3-c3c2cc(N(c2ccccc2)c2ccccc2)c2oc4ccccc4c32)c1. The van der Waals surface area contributed by atoms with Crippen LogP contribution in [0.15, 0.2) is 259 Å². The van der Waals surface area contributed by atoms with E-state index in [1.165, 1.54) is 38.9 Å². The Hall–Kier alpha value is -9.12. The number of nitrogens with zero attached hydrogens (tertiary/aromatic N) is 2. The topological polar surface area (TPSA) is 28.9 Å². The van der Waals surface area contributed by atoms with Crippen LogP contribution in [0.2, 0.25) is 0 Å². The molecule has 71 heavy (non-hydrogen) atoms. The minimum Gasteiger partial charge on any atom is -0.457 e. The first-order chi connectivity index (χ1) is 35.1. The molecule has 1 unspecified atom stereocenters. The Morgan fingerprint density at radius 2 is 0.845 bits per heavy atom. The molecule has 1 aliphatic rings. The summed E-state index contributed by atoms with van der Waals surface area (Å²) >= 11 is 0. The second-order valence-corrected chi connectivity index (χ2v) is 18.5. The summed E-state index contributed by atoms with van der Waals surface area (Å²) in [5, 5.41) is 4.47. The Bertz CT molecular complexity index is 3830. The van der Waals surface area contributed by atoms with Crippen molar-refractivity contribution in [3.8, 4) is 22.6 Å². The number of hydrogen-bond acceptors (Lipinski definition) is 4. The summed E-state index contributed by atoms with van der Waals surface area (Å²) in [4.78, 5) is 4.80. The van der Waals surface area contributed by atoms with Gasteiger partial charge in [-0.15, -0.1) is 0 Å². The molecule has 0 bridgehead atoms. The van der Waals surface area contributed by atoms with Gasteiger partial charge in [0, 0.05) is 38.9 Å². The van der Waals surface area contributed by atoms with E-state index in [0.717, 1.165) is 83.9 Å². The highest BCUT2D eigenvalue weighted by Gasteiger charge is 2.50. The Morgan fingerprint density at radius 3 is 1.44 bits per heavy atom. The number of ether oxygens (including phenoxy) is 1. The van der Waals surface area contributed by atoms with Crippen LogP contribution < -0.4 is 14.5 Å². The second-order valence-electron chi connectivity index (χ2n) is 18.5. The molecule has 1 heterocycles. The Morgan fingerprint density at radius 1 is 0.380 bits per heavy atom. The van der Waals surface area contributed by atoms with Crippen LogP contribution in [-0.2, 0) is 5.41 Å². The molecule has 1 atom stereocenters. The van der Waals surface area contributed by atoms with E-state index in [4.69, 9.17) is 9.15 Å². The lowest BCUT2D eigenvalue weighted by Crippen LogP contribution is -2.30. The molecular weight excluding hydrogens is 865 g/mol. The first-order valence-corrected chi connectivity index (χ1v) is 24.3. The number of hydrogen-bond donors (Lipinski definition) is 0. The Balaban J connectivity index is 1.24. The third-order valence-corrected chi connectivity index (χ3v) is 14.3. The molecule has 1 aliphatic carbocycles. The van der Waals surface area contributed by atoms with Gasteiger partial charge in [-0.3, -0.25) is 0 Å². The predicted molar refractivity (Wildman–Crippen MR) is 294 cm³/mol. The lowest BCUT2D eigenvalue weighted by Gasteiger charge is -2.37. The molecule has 0 amide bonds. The summed E-state index contributed by atoms with van der Waals surface area (Å²) in [6.07, 6.45) is 0. The highest BCUT2D eigenvalue weighted by atomic mass is 16.5. The summed E-state index contributed by atoms with van der Waals surface area (Å²) < 4.78 is 13.8. The molecule has 12 aromatic rings. The third kappa shape index (κ3) is 6.82. The highest BCUT2D eigenvalue weighted by molar-refractivity contribution is 6.23. The van der Waals surface area contributed by atoms with E-state index in [0.29, 0.717) is 0 Å². The maximum absolute atomic E-state index is 7.27. The smallest absolute Gasteiger partial charge is 0.160 e. The number of anilines is 6. The number of furan rings is 1. The monoisotopic (exact) mass is 912 g/mol. The first kappa shape index (κ1) is 42.0. The van der Waals surface area contributed by atoms with Gasteiger partial charge in [-0.1, -0.05) is 169 Å². The van der Waals surface area contributed by atoms with E-state index in [9.17, 15) is 0 Å². The predicted octanol–water partition coefficient (Wildman–Crippen LogP) is 18.5. The maximum Gasteiger partial charge on any atom is 0.160 e. The molecule has 4 heteroatoms. The molecule has 0 radical (unpaired) electrons. The van der Waals surface area contributed by atoms with Crippen LogP contribution in [0.4, 0.5) is 34.1 Å². The van der Waals surface area contributed by atoms with Crippen molar-refractivity contribution in [2.24, 2.45) is 0 Å². The second kappa shape index (κ2) is 17.1. The van der Waals surface area contributed by atoms with Crippen LogP contribution >= 0.6 is 0 Å². The average Bonchev–Trinajstić information content (AvgIpc) is 3.96. The zero-order valence-corrected chi connectivity index (χ0v) is 39.5. The van der Waals surface area contributed by atoms with Crippen LogP contribution in [0.25, 0.3) is 43.8 Å². The Labute approximate surface area is 413 Å². The van der Waals surface area contributed by atoms with E-state index in [1.807, 2.05) is 30.3 Å². The van der Waals surface area contributed by atoms with Gasteiger partial charge >= 0.3 is 0 Å². The molecule has 0 aliphatic heterocycles. The summed E-state index contributed by atoms with van der Waals surface area (Å²) in [5.74, 6) is 1.56. The largest absolute Gasteiger partial charge is 0.457 e. The van der Waals surface area contributed by atoms with Gasteiger partial charge in [0.15, 0.2) is 5.58 Å². The lowest BCUT2D eigenvalue weighted by molar-refractivity contribution is 0.482.